The van der Waals surface area contributed by atoms with Crippen LogP contribution in [0.5, 0.6) is 11.5 Å². The van der Waals surface area contributed by atoms with Crippen molar-refractivity contribution in [2.75, 3.05) is 24.4 Å². The van der Waals surface area contributed by atoms with Crippen molar-refractivity contribution in [3.63, 3.8) is 0 Å². The number of carbonyl (C=O) groups is 2. The van der Waals surface area contributed by atoms with Crippen LogP contribution in [0.25, 0.3) is 5.57 Å². The van der Waals surface area contributed by atoms with Crippen LogP contribution in [-0.4, -0.2) is 26.0 Å². The first-order valence-electron chi connectivity index (χ1n) is 11.0. The molecule has 4 rings (SSSR count). The van der Waals surface area contributed by atoms with Gasteiger partial charge in [-0.25, -0.2) is 4.90 Å². The number of benzene rings is 3. The third-order valence-corrected chi connectivity index (χ3v) is 5.81. The van der Waals surface area contributed by atoms with E-state index < -0.39 is 11.8 Å². The van der Waals surface area contributed by atoms with Gasteiger partial charge in [0, 0.05) is 11.3 Å². The van der Waals surface area contributed by atoms with Crippen LogP contribution in [0.2, 0.25) is 0 Å². The van der Waals surface area contributed by atoms with Crippen LogP contribution < -0.4 is 19.7 Å². The number of amides is 2. The number of hydrogen-bond donors (Lipinski definition) is 1. The van der Waals surface area contributed by atoms with Gasteiger partial charge < -0.3 is 14.8 Å². The first-order valence-corrected chi connectivity index (χ1v) is 11.0. The fraction of sp³-hybridized carbons (Fsp3) is 0.214. The number of ether oxygens (including phenoxy) is 2. The van der Waals surface area contributed by atoms with Crippen LogP contribution >= 0.6 is 0 Å². The molecule has 174 valence electrons. The van der Waals surface area contributed by atoms with Crippen molar-refractivity contribution in [2.45, 2.75) is 26.2 Å². The molecular formula is C28H28N2O4. The van der Waals surface area contributed by atoms with Gasteiger partial charge in [-0.05, 0) is 41.3 Å². The highest BCUT2D eigenvalue weighted by atomic mass is 16.5. The minimum atomic E-state index is -0.463. The molecule has 0 fully saturated rings. The van der Waals surface area contributed by atoms with Gasteiger partial charge >= 0.3 is 0 Å². The molecule has 0 aliphatic carbocycles. The molecule has 0 aromatic heterocycles. The molecule has 1 aliphatic heterocycles. The number of anilines is 2. The smallest absolute Gasteiger partial charge is 0.282 e. The van der Waals surface area contributed by atoms with Crippen molar-refractivity contribution >= 4 is 28.8 Å². The molecule has 1 aliphatic rings. The van der Waals surface area contributed by atoms with Crippen molar-refractivity contribution in [1.82, 2.24) is 0 Å². The van der Waals surface area contributed by atoms with E-state index in [1.165, 1.54) is 19.8 Å². The molecule has 3 aromatic carbocycles. The lowest BCUT2D eigenvalue weighted by Crippen LogP contribution is -2.32. The Kier molecular flexibility index (Phi) is 6.16. The number of imide groups is 1. The van der Waals surface area contributed by atoms with Gasteiger partial charge in [0.05, 0.1) is 25.5 Å². The Morgan fingerprint density at radius 3 is 1.94 bits per heavy atom. The molecule has 0 bridgehead atoms. The lowest BCUT2D eigenvalue weighted by atomic mass is 9.87. The number of rotatable bonds is 6. The first kappa shape index (κ1) is 23.1. The maximum Gasteiger partial charge on any atom is 0.282 e. The molecule has 0 atom stereocenters. The Morgan fingerprint density at radius 2 is 1.32 bits per heavy atom. The van der Waals surface area contributed by atoms with Crippen molar-refractivity contribution < 1.29 is 19.1 Å². The lowest BCUT2D eigenvalue weighted by molar-refractivity contribution is -0.120. The molecule has 0 saturated heterocycles. The highest BCUT2D eigenvalue weighted by molar-refractivity contribution is 6.46. The van der Waals surface area contributed by atoms with Gasteiger partial charge in [-0.1, -0.05) is 63.2 Å². The molecule has 1 N–H and O–H groups in total. The number of methoxy groups -OCH3 is 2. The van der Waals surface area contributed by atoms with Crippen molar-refractivity contribution in [3.05, 3.63) is 89.6 Å². The van der Waals surface area contributed by atoms with Crippen molar-refractivity contribution in [1.29, 1.82) is 0 Å². The summed E-state index contributed by atoms with van der Waals surface area (Å²) in [6, 6.07) is 22.0. The van der Waals surface area contributed by atoms with Crippen LogP contribution in [0.3, 0.4) is 0 Å². The van der Waals surface area contributed by atoms with Gasteiger partial charge in [0.2, 0.25) is 0 Å². The Morgan fingerprint density at radius 1 is 0.735 bits per heavy atom. The quantitative estimate of drug-likeness (QED) is 0.503. The highest BCUT2D eigenvalue weighted by Crippen LogP contribution is 2.40. The topological polar surface area (TPSA) is 67.9 Å². The van der Waals surface area contributed by atoms with E-state index in [1.807, 2.05) is 36.4 Å². The summed E-state index contributed by atoms with van der Waals surface area (Å²) in [5, 5.41) is 3.21. The Hall–Kier alpha value is -4.06. The first-order chi connectivity index (χ1) is 16.3. The minimum Gasteiger partial charge on any atom is -0.496 e. The summed E-state index contributed by atoms with van der Waals surface area (Å²) in [5.41, 5.74) is 3.22. The fourth-order valence-corrected chi connectivity index (χ4v) is 3.98. The summed E-state index contributed by atoms with van der Waals surface area (Å²) < 4.78 is 10.9. The number of hydrogen-bond acceptors (Lipinski definition) is 5. The van der Waals surface area contributed by atoms with E-state index in [-0.39, 0.29) is 16.7 Å². The van der Waals surface area contributed by atoms with Gasteiger partial charge in [0.25, 0.3) is 11.8 Å². The zero-order chi connectivity index (χ0) is 24.5. The molecule has 0 unspecified atom stereocenters. The number of para-hydroxylation sites is 3. The van der Waals surface area contributed by atoms with Crippen LogP contribution in [-0.2, 0) is 15.0 Å². The standard InChI is InChI=1S/C28H28N2O4/c1-28(2,3)18-14-16-19(17-15-18)29-25-24(20-10-6-8-12-22(20)33-4)26(31)30(27(25)32)21-11-7-9-13-23(21)34-5/h6-17,29H,1-5H3. The number of carbonyl (C=O) groups excluding carboxylic acids is 2. The average molecular weight is 457 g/mol. The van der Waals surface area contributed by atoms with Crippen LogP contribution in [0.1, 0.15) is 31.9 Å². The SMILES string of the molecule is COc1ccccc1C1=C(Nc2ccc(C(C)(C)C)cc2)C(=O)N(c2ccccc2OC)C1=O. The van der Waals surface area contributed by atoms with Crippen LogP contribution in [0.4, 0.5) is 11.4 Å². The van der Waals surface area contributed by atoms with Crippen LogP contribution in [0, 0.1) is 0 Å². The fourth-order valence-electron chi connectivity index (χ4n) is 3.98. The molecule has 6 heteroatoms. The second kappa shape index (κ2) is 9.06. The van der Waals surface area contributed by atoms with Crippen molar-refractivity contribution in [3.8, 4) is 11.5 Å². The predicted molar refractivity (Wildman–Crippen MR) is 134 cm³/mol. The van der Waals surface area contributed by atoms with Gasteiger partial charge in [-0.3, -0.25) is 9.59 Å². The van der Waals surface area contributed by atoms with Crippen LogP contribution in [0.15, 0.2) is 78.5 Å². The Labute approximate surface area is 199 Å². The van der Waals surface area contributed by atoms with E-state index in [0.29, 0.717) is 28.4 Å². The molecule has 0 spiro atoms. The van der Waals surface area contributed by atoms with E-state index in [9.17, 15) is 9.59 Å². The number of nitrogens with one attached hydrogen (secondary N) is 1. The lowest BCUT2D eigenvalue weighted by Gasteiger charge is -2.20. The molecule has 6 nitrogen and oxygen atoms in total. The molecule has 0 saturated carbocycles. The largest absolute Gasteiger partial charge is 0.496 e. The Balaban J connectivity index is 1.84. The maximum atomic E-state index is 13.7. The second-order valence-electron chi connectivity index (χ2n) is 9.02. The summed E-state index contributed by atoms with van der Waals surface area (Å²) in [5.74, 6) is 0.0189. The summed E-state index contributed by atoms with van der Waals surface area (Å²) >= 11 is 0. The average Bonchev–Trinajstić information content (AvgIpc) is 3.07. The third-order valence-electron chi connectivity index (χ3n) is 5.81. The highest BCUT2D eigenvalue weighted by Gasteiger charge is 2.42. The molecule has 3 aromatic rings. The minimum absolute atomic E-state index is 0.000168. The summed E-state index contributed by atoms with van der Waals surface area (Å²) in [6.07, 6.45) is 0. The van der Waals surface area contributed by atoms with E-state index in [2.05, 4.69) is 26.1 Å². The van der Waals surface area contributed by atoms with Gasteiger partial charge in [-0.2, -0.15) is 0 Å². The predicted octanol–water partition coefficient (Wildman–Crippen LogP) is 5.40. The maximum absolute atomic E-state index is 13.7. The molecule has 1 heterocycles. The third kappa shape index (κ3) is 4.15. The summed E-state index contributed by atoms with van der Waals surface area (Å²) in [7, 11) is 3.05. The Bertz CT molecular complexity index is 1270. The second-order valence-corrected chi connectivity index (χ2v) is 9.02. The normalized spacial score (nSPS) is 14.0. The zero-order valence-electron chi connectivity index (χ0n) is 20.0. The van der Waals surface area contributed by atoms with E-state index >= 15 is 0 Å². The number of nitrogens with zero attached hydrogens (tertiary/aromatic N) is 1. The molecule has 34 heavy (non-hydrogen) atoms. The summed E-state index contributed by atoms with van der Waals surface area (Å²) in [6.45, 7) is 6.42. The van der Waals surface area contributed by atoms with E-state index in [1.54, 1.807) is 36.4 Å². The zero-order valence-corrected chi connectivity index (χ0v) is 20.0. The molecule has 2 amide bonds. The van der Waals surface area contributed by atoms with Gasteiger partial charge in [-0.15, -0.1) is 0 Å². The van der Waals surface area contributed by atoms with E-state index in [0.717, 1.165) is 4.90 Å². The molecule has 0 radical (unpaired) electrons. The monoisotopic (exact) mass is 456 g/mol. The van der Waals surface area contributed by atoms with Gasteiger partial charge in [0.15, 0.2) is 0 Å². The molecular weight excluding hydrogens is 428 g/mol. The van der Waals surface area contributed by atoms with Crippen molar-refractivity contribution in [2.24, 2.45) is 0 Å². The van der Waals surface area contributed by atoms with Gasteiger partial charge in [0.1, 0.15) is 17.2 Å². The summed E-state index contributed by atoms with van der Waals surface area (Å²) in [4.78, 5) is 28.6. The van der Waals surface area contributed by atoms with E-state index in [4.69, 9.17) is 9.47 Å².